The SMILES string of the molecule is CCCNC(CC(=O)OCC)c1ccccc1OC. The molecule has 0 saturated carbocycles. The summed E-state index contributed by atoms with van der Waals surface area (Å²) >= 11 is 0. The number of carbonyl (C=O) groups excluding carboxylic acids is 1. The van der Waals surface area contributed by atoms with E-state index >= 15 is 0 Å². The first-order valence-electron chi connectivity index (χ1n) is 6.74. The van der Waals surface area contributed by atoms with Gasteiger partial charge in [0.1, 0.15) is 5.75 Å². The zero-order valence-electron chi connectivity index (χ0n) is 11.9. The van der Waals surface area contributed by atoms with E-state index in [0.29, 0.717) is 13.0 Å². The summed E-state index contributed by atoms with van der Waals surface area (Å²) in [6.07, 6.45) is 1.32. The summed E-state index contributed by atoms with van der Waals surface area (Å²) in [6.45, 7) is 5.17. The summed E-state index contributed by atoms with van der Waals surface area (Å²) in [5.74, 6) is 0.599. The summed E-state index contributed by atoms with van der Waals surface area (Å²) < 4.78 is 10.4. The maximum atomic E-state index is 11.7. The van der Waals surface area contributed by atoms with Crippen molar-refractivity contribution in [3.05, 3.63) is 29.8 Å². The molecule has 0 bridgehead atoms. The smallest absolute Gasteiger partial charge is 0.307 e. The molecule has 1 atom stereocenters. The second-order valence-electron chi connectivity index (χ2n) is 4.26. The molecular formula is C15H23NO3. The molecule has 0 aromatic heterocycles. The van der Waals surface area contributed by atoms with E-state index in [4.69, 9.17) is 9.47 Å². The number of para-hydroxylation sites is 1. The van der Waals surface area contributed by atoms with Gasteiger partial charge in [0.25, 0.3) is 0 Å². The zero-order valence-corrected chi connectivity index (χ0v) is 11.9. The minimum Gasteiger partial charge on any atom is -0.496 e. The Morgan fingerprint density at radius 3 is 2.68 bits per heavy atom. The van der Waals surface area contributed by atoms with Crippen molar-refractivity contribution < 1.29 is 14.3 Å². The molecule has 4 nitrogen and oxygen atoms in total. The van der Waals surface area contributed by atoms with E-state index in [1.807, 2.05) is 31.2 Å². The maximum absolute atomic E-state index is 11.7. The van der Waals surface area contributed by atoms with Crippen molar-refractivity contribution in [3.63, 3.8) is 0 Å². The van der Waals surface area contributed by atoms with E-state index in [0.717, 1.165) is 24.3 Å². The van der Waals surface area contributed by atoms with Crippen molar-refractivity contribution in [3.8, 4) is 5.75 Å². The zero-order chi connectivity index (χ0) is 14.1. The molecule has 0 radical (unpaired) electrons. The second kappa shape index (κ2) is 8.53. The number of ether oxygens (including phenoxy) is 2. The fraction of sp³-hybridized carbons (Fsp3) is 0.533. The average Bonchev–Trinajstić information content (AvgIpc) is 2.43. The second-order valence-corrected chi connectivity index (χ2v) is 4.26. The molecule has 19 heavy (non-hydrogen) atoms. The van der Waals surface area contributed by atoms with Gasteiger partial charge in [-0.25, -0.2) is 0 Å². The van der Waals surface area contributed by atoms with Gasteiger partial charge in [0.15, 0.2) is 0 Å². The molecule has 1 N–H and O–H groups in total. The Morgan fingerprint density at radius 1 is 1.32 bits per heavy atom. The monoisotopic (exact) mass is 265 g/mol. The number of nitrogens with one attached hydrogen (secondary N) is 1. The molecule has 0 aliphatic heterocycles. The first kappa shape index (κ1) is 15.5. The number of esters is 1. The number of hydrogen-bond donors (Lipinski definition) is 1. The lowest BCUT2D eigenvalue weighted by Gasteiger charge is -2.20. The van der Waals surface area contributed by atoms with E-state index in [1.165, 1.54) is 0 Å². The lowest BCUT2D eigenvalue weighted by molar-refractivity contribution is -0.143. The highest BCUT2D eigenvalue weighted by Crippen LogP contribution is 2.27. The third-order valence-corrected chi connectivity index (χ3v) is 2.83. The van der Waals surface area contributed by atoms with Gasteiger partial charge >= 0.3 is 5.97 Å². The molecule has 106 valence electrons. The minimum absolute atomic E-state index is 0.0739. The van der Waals surface area contributed by atoms with Crippen LogP contribution in [0.15, 0.2) is 24.3 Å². The predicted octanol–water partition coefficient (Wildman–Crippen LogP) is 2.69. The van der Waals surface area contributed by atoms with E-state index in [2.05, 4.69) is 12.2 Å². The van der Waals surface area contributed by atoms with Crippen LogP contribution in [0.25, 0.3) is 0 Å². The largest absolute Gasteiger partial charge is 0.496 e. The highest BCUT2D eigenvalue weighted by Gasteiger charge is 2.19. The van der Waals surface area contributed by atoms with Crippen molar-refractivity contribution in [1.82, 2.24) is 5.32 Å². The van der Waals surface area contributed by atoms with Crippen LogP contribution in [-0.2, 0) is 9.53 Å². The average molecular weight is 265 g/mol. The van der Waals surface area contributed by atoms with Crippen LogP contribution >= 0.6 is 0 Å². The van der Waals surface area contributed by atoms with Gasteiger partial charge in [-0.1, -0.05) is 25.1 Å². The molecule has 0 saturated heterocycles. The molecule has 0 fully saturated rings. The molecule has 0 spiro atoms. The molecular weight excluding hydrogens is 242 g/mol. The standard InChI is InChI=1S/C15H23NO3/c1-4-10-16-13(11-15(17)19-5-2)12-8-6-7-9-14(12)18-3/h6-9,13,16H,4-5,10-11H2,1-3H3. The van der Waals surface area contributed by atoms with Gasteiger partial charge in [0.2, 0.25) is 0 Å². The molecule has 1 unspecified atom stereocenters. The molecule has 0 heterocycles. The third kappa shape index (κ3) is 4.91. The molecule has 4 heteroatoms. The van der Waals surface area contributed by atoms with Gasteiger partial charge < -0.3 is 14.8 Å². The fourth-order valence-electron chi connectivity index (χ4n) is 1.95. The molecule has 1 rings (SSSR count). The van der Waals surface area contributed by atoms with Crippen molar-refractivity contribution in [2.45, 2.75) is 32.7 Å². The van der Waals surface area contributed by atoms with Gasteiger partial charge in [-0.05, 0) is 26.0 Å². The Balaban J connectivity index is 2.85. The number of methoxy groups -OCH3 is 1. The van der Waals surface area contributed by atoms with Crippen LogP contribution in [-0.4, -0.2) is 26.2 Å². The van der Waals surface area contributed by atoms with E-state index in [1.54, 1.807) is 7.11 Å². The van der Waals surface area contributed by atoms with Crippen LogP contribution in [0.5, 0.6) is 5.75 Å². The maximum Gasteiger partial charge on any atom is 0.307 e. The van der Waals surface area contributed by atoms with E-state index in [-0.39, 0.29) is 12.0 Å². The van der Waals surface area contributed by atoms with Crippen molar-refractivity contribution in [2.75, 3.05) is 20.3 Å². The Kier molecular flexibility index (Phi) is 6.97. The molecule has 0 amide bonds. The van der Waals surface area contributed by atoms with Gasteiger partial charge in [-0.3, -0.25) is 4.79 Å². The summed E-state index contributed by atoms with van der Waals surface area (Å²) in [4.78, 5) is 11.7. The summed E-state index contributed by atoms with van der Waals surface area (Å²) in [6, 6.07) is 7.68. The number of hydrogen-bond acceptors (Lipinski definition) is 4. The predicted molar refractivity (Wildman–Crippen MR) is 75.3 cm³/mol. The van der Waals surface area contributed by atoms with Gasteiger partial charge in [0.05, 0.1) is 20.1 Å². The topological polar surface area (TPSA) is 47.6 Å². The van der Waals surface area contributed by atoms with Crippen LogP contribution in [0.4, 0.5) is 0 Å². The van der Waals surface area contributed by atoms with Crippen molar-refractivity contribution in [1.29, 1.82) is 0 Å². The Morgan fingerprint density at radius 2 is 2.05 bits per heavy atom. The van der Waals surface area contributed by atoms with Crippen LogP contribution in [0.2, 0.25) is 0 Å². The minimum atomic E-state index is -0.193. The first-order chi connectivity index (χ1) is 9.22. The van der Waals surface area contributed by atoms with Gasteiger partial charge in [0, 0.05) is 11.6 Å². The fourth-order valence-corrected chi connectivity index (χ4v) is 1.95. The quantitative estimate of drug-likeness (QED) is 0.734. The van der Waals surface area contributed by atoms with Crippen LogP contribution in [0.3, 0.4) is 0 Å². The lowest BCUT2D eigenvalue weighted by Crippen LogP contribution is -2.25. The molecule has 0 aliphatic rings. The summed E-state index contributed by atoms with van der Waals surface area (Å²) in [5, 5.41) is 3.37. The van der Waals surface area contributed by atoms with Crippen molar-refractivity contribution in [2.24, 2.45) is 0 Å². The van der Waals surface area contributed by atoms with Crippen molar-refractivity contribution >= 4 is 5.97 Å². The highest BCUT2D eigenvalue weighted by atomic mass is 16.5. The molecule has 1 aromatic carbocycles. The number of carbonyl (C=O) groups is 1. The van der Waals surface area contributed by atoms with Crippen LogP contribution in [0, 0.1) is 0 Å². The normalized spacial score (nSPS) is 11.9. The van der Waals surface area contributed by atoms with Crippen LogP contribution in [0.1, 0.15) is 38.3 Å². The lowest BCUT2D eigenvalue weighted by atomic mass is 10.0. The third-order valence-electron chi connectivity index (χ3n) is 2.83. The Hall–Kier alpha value is -1.55. The van der Waals surface area contributed by atoms with Gasteiger partial charge in [-0.15, -0.1) is 0 Å². The first-order valence-corrected chi connectivity index (χ1v) is 6.74. The van der Waals surface area contributed by atoms with E-state index < -0.39 is 0 Å². The summed E-state index contributed by atoms with van der Waals surface area (Å²) in [7, 11) is 1.64. The highest BCUT2D eigenvalue weighted by molar-refractivity contribution is 5.70. The Labute approximate surface area is 115 Å². The Bertz CT molecular complexity index is 393. The molecule has 1 aromatic rings. The van der Waals surface area contributed by atoms with E-state index in [9.17, 15) is 4.79 Å². The molecule has 0 aliphatic carbocycles. The number of rotatable bonds is 8. The number of benzene rings is 1. The summed E-state index contributed by atoms with van der Waals surface area (Å²) in [5.41, 5.74) is 0.992. The van der Waals surface area contributed by atoms with Crippen LogP contribution < -0.4 is 10.1 Å². The van der Waals surface area contributed by atoms with Gasteiger partial charge in [-0.2, -0.15) is 0 Å².